The molecule has 3 aromatic rings. The number of methoxy groups -OCH3 is 1. The number of carbonyl (C=O) groups excluding carboxylic acids is 3. The summed E-state index contributed by atoms with van der Waals surface area (Å²) in [4.78, 5) is 38.3. The molecule has 6 heteroatoms. The predicted molar refractivity (Wildman–Crippen MR) is 124 cm³/mol. The zero-order chi connectivity index (χ0) is 22.5. The fourth-order valence-electron chi connectivity index (χ4n) is 3.36. The summed E-state index contributed by atoms with van der Waals surface area (Å²) >= 11 is 1.33. The number of benzene rings is 2. The Morgan fingerprint density at radius 1 is 0.935 bits per heavy atom. The van der Waals surface area contributed by atoms with Crippen molar-refractivity contribution in [3.8, 4) is 11.1 Å². The predicted octanol–water partition coefficient (Wildman–Crippen LogP) is 5.73. The van der Waals surface area contributed by atoms with Gasteiger partial charge in [0, 0.05) is 28.8 Å². The van der Waals surface area contributed by atoms with Crippen LogP contribution >= 0.6 is 11.3 Å². The molecule has 2 aromatic carbocycles. The van der Waals surface area contributed by atoms with Crippen LogP contribution in [0.1, 0.15) is 49.6 Å². The van der Waals surface area contributed by atoms with Gasteiger partial charge in [0.05, 0.1) is 7.11 Å². The quantitative estimate of drug-likeness (QED) is 0.380. The van der Waals surface area contributed by atoms with E-state index in [0.29, 0.717) is 16.1 Å². The highest BCUT2D eigenvalue weighted by Gasteiger charge is 2.25. The molecule has 1 amide bonds. The second-order valence-corrected chi connectivity index (χ2v) is 8.59. The molecule has 0 spiro atoms. The number of ketones is 1. The molecular formula is C25H25NO4S. The van der Waals surface area contributed by atoms with E-state index in [0.717, 1.165) is 27.1 Å². The molecule has 160 valence electrons. The fourth-order valence-corrected chi connectivity index (χ4v) is 4.44. The van der Waals surface area contributed by atoms with Crippen molar-refractivity contribution in [2.45, 2.75) is 33.6 Å². The lowest BCUT2D eigenvalue weighted by molar-refractivity contribution is -0.116. The first kappa shape index (κ1) is 22.4. The van der Waals surface area contributed by atoms with Gasteiger partial charge in [-0.1, -0.05) is 48.5 Å². The zero-order valence-electron chi connectivity index (χ0n) is 18.1. The Hall–Kier alpha value is -3.25. The Labute approximate surface area is 186 Å². The summed E-state index contributed by atoms with van der Waals surface area (Å²) in [5, 5.41) is 3.26. The Kier molecular flexibility index (Phi) is 7.02. The minimum Gasteiger partial charge on any atom is -0.465 e. The maximum absolute atomic E-state index is 12.6. The Morgan fingerprint density at radius 3 is 2.29 bits per heavy atom. The van der Waals surface area contributed by atoms with Crippen LogP contribution in [0.4, 0.5) is 5.00 Å². The van der Waals surface area contributed by atoms with Crippen molar-refractivity contribution in [2.75, 3.05) is 12.4 Å². The van der Waals surface area contributed by atoms with Crippen LogP contribution in [0.5, 0.6) is 0 Å². The standard InChI is InChI=1S/C25H25NO4S/c1-15-10-11-19(14-16(15)2)22-17(3)31-24(23(22)25(29)30-4)26-21(28)13-12-20(27)18-8-6-5-7-9-18/h5-11,14H,12-13H2,1-4H3,(H,26,28). The highest BCUT2D eigenvalue weighted by Crippen LogP contribution is 2.41. The normalized spacial score (nSPS) is 10.6. The van der Waals surface area contributed by atoms with Crippen LogP contribution in [-0.2, 0) is 9.53 Å². The fraction of sp³-hybridized carbons (Fsp3) is 0.240. The molecule has 0 aliphatic carbocycles. The second kappa shape index (κ2) is 9.71. The molecule has 5 nitrogen and oxygen atoms in total. The first-order valence-corrected chi connectivity index (χ1v) is 10.8. The molecule has 0 atom stereocenters. The number of ether oxygens (including phenoxy) is 1. The zero-order valence-corrected chi connectivity index (χ0v) is 18.9. The second-order valence-electron chi connectivity index (χ2n) is 7.37. The SMILES string of the molecule is COC(=O)c1c(NC(=O)CCC(=O)c2ccccc2)sc(C)c1-c1ccc(C)c(C)c1. The number of hydrogen-bond donors (Lipinski definition) is 1. The highest BCUT2D eigenvalue weighted by atomic mass is 32.1. The van der Waals surface area contributed by atoms with Crippen molar-refractivity contribution in [1.82, 2.24) is 0 Å². The van der Waals surface area contributed by atoms with E-state index in [2.05, 4.69) is 5.32 Å². The van der Waals surface area contributed by atoms with Crippen molar-refractivity contribution < 1.29 is 19.1 Å². The number of esters is 1. The number of aryl methyl sites for hydroxylation is 3. The summed E-state index contributed by atoms with van der Waals surface area (Å²) in [6.45, 7) is 5.96. The van der Waals surface area contributed by atoms with E-state index in [1.165, 1.54) is 18.4 Å². The summed E-state index contributed by atoms with van der Waals surface area (Å²) in [5.74, 6) is -0.919. The summed E-state index contributed by atoms with van der Waals surface area (Å²) in [7, 11) is 1.32. The van der Waals surface area contributed by atoms with Crippen LogP contribution in [-0.4, -0.2) is 24.8 Å². The number of rotatable bonds is 7. The number of nitrogens with one attached hydrogen (secondary N) is 1. The number of hydrogen-bond acceptors (Lipinski definition) is 5. The molecule has 0 aliphatic rings. The number of Topliss-reactive ketones (excluding diaryl/α,β-unsaturated/α-hetero) is 1. The average molecular weight is 436 g/mol. The maximum atomic E-state index is 12.6. The van der Waals surface area contributed by atoms with Gasteiger partial charge < -0.3 is 10.1 Å². The third-order valence-corrected chi connectivity index (χ3v) is 6.22. The molecule has 0 bridgehead atoms. The third kappa shape index (κ3) is 5.09. The van der Waals surface area contributed by atoms with Gasteiger partial charge in [-0.05, 0) is 37.5 Å². The van der Waals surface area contributed by atoms with Crippen LogP contribution < -0.4 is 5.32 Å². The van der Waals surface area contributed by atoms with E-state index < -0.39 is 5.97 Å². The van der Waals surface area contributed by atoms with E-state index in [1.54, 1.807) is 24.3 Å². The van der Waals surface area contributed by atoms with E-state index in [-0.39, 0.29) is 24.5 Å². The smallest absolute Gasteiger partial charge is 0.341 e. The lowest BCUT2D eigenvalue weighted by atomic mass is 9.97. The summed E-state index contributed by atoms with van der Waals surface area (Å²) in [6, 6.07) is 14.9. The number of amides is 1. The van der Waals surface area contributed by atoms with Crippen molar-refractivity contribution in [3.63, 3.8) is 0 Å². The molecule has 0 unspecified atom stereocenters. The molecule has 0 fully saturated rings. The largest absolute Gasteiger partial charge is 0.465 e. The van der Waals surface area contributed by atoms with E-state index in [9.17, 15) is 14.4 Å². The molecule has 3 rings (SSSR count). The first-order valence-electron chi connectivity index (χ1n) is 9.99. The lowest BCUT2D eigenvalue weighted by Crippen LogP contribution is -2.15. The summed E-state index contributed by atoms with van der Waals surface area (Å²) < 4.78 is 5.01. The molecule has 0 radical (unpaired) electrons. The monoisotopic (exact) mass is 435 g/mol. The van der Waals surface area contributed by atoms with Crippen molar-refractivity contribution in [3.05, 3.63) is 75.7 Å². The van der Waals surface area contributed by atoms with Gasteiger partial charge in [0.15, 0.2) is 5.78 Å². The van der Waals surface area contributed by atoms with E-state index in [1.807, 2.05) is 45.0 Å². The van der Waals surface area contributed by atoms with Gasteiger partial charge >= 0.3 is 5.97 Å². The molecule has 1 aromatic heterocycles. The molecule has 1 N–H and O–H groups in total. The molecule has 31 heavy (non-hydrogen) atoms. The van der Waals surface area contributed by atoms with Gasteiger partial charge in [-0.25, -0.2) is 4.79 Å². The highest BCUT2D eigenvalue weighted by molar-refractivity contribution is 7.17. The molecule has 0 aliphatic heterocycles. The van der Waals surface area contributed by atoms with Crippen molar-refractivity contribution in [2.24, 2.45) is 0 Å². The van der Waals surface area contributed by atoms with Gasteiger partial charge in [0.2, 0.25) is 5.91 Å². The van der Waals surface area contributed by atoms with E-state index in [4.69, 9.17) is 4.74 Å². The third-order valence-electron chi connectivity index (χ3n) is 5.20. The van der Waals surface area contributed by atoms with Crippen LogP contribution in [0.2, 0.25) is 0 Å². The minimum atomic E-state index is -0.506. The Balaban J connectivity index is 1.84. The van der Waals surface area contributed by atoms with Crippen LogP contribution in [0, 0.1) is 20.8 Å². The summed E-state index contributed by atoms with van der Waals surface area (Å²) in [6.07, 6.45) is 0.127. The number of anilines is 1. The Bertz CT molecular complexity index is 1130. The molecule has 1 heterocycles. The maximum Gasteiger partial charge on any atom is 0.341 e. The van der Waals surface area contributed by atoms with Crippen molar-refractivity contribution in [1.29, 1.82) is 0 Å². The Morgan fingerprint density at radius 2 is 1.65 bits per heavy atom. The van der Waals surface area contributed by atoms with Gasteiger partial charge in [-0.15, -0.1) is 11.3 Å². The first-order chi connectivity index (χ1) is 14.8. The number of carbonyl (C=O) groups is 3. The molecule has 0 saturated heterocycles. The van der Waals surface area contributed by atoms with Crippen LogP contribution in [0.25, 0.3) is 11.1 Å². The molecular weight excluding hydrogens is 410 g/mol. The number of thiophene rings is 1. The molecule has 0 saturated carbocycles. The van der Waals surface area contributed by atoms with Gasteiger partial charge in [-0.3, -0.25) is 9.59 Å². The van der Waals surface area contributed by atoms with Crippen molar-refractivity contribution >= 4 is 34.0 Å². The average Bonchev–Trinajstić information content (AvgIpc) is 3.09. The van der Waals surface area contributed by atoms with Crippen LogP contribution in [0.15, 0.2) is 48.5 Å². The topological polar surface area (TPSA) is 72.5 Å². The summed E-state index contributed by atoms with van der Waals surface area (Å²) in [5.41, 5.74) is 4.86. The lowest BCUT2D eigenvalue weighted by Gasteiger charge is -2.10. The van der Waals surface area contributed by atoms with Gasteiger partial charge in [-0.2, -0.15) is 0 Å². The van der Waals surface area contributed by atoms with Gasteiger partial charge in [0.25, 0.3) is 0 Å². The van der Waals surface area contributed by atoms with Crippen LogP contribution in [0.3, 0.4) is 0 Å². The minimum absolute atomic E-state index is 0.0320. The van der Waals surface area contributed by atoms with Gasteiger partial charge in [0.1, 0.15) is 10.6 Å². The van der Waals surface area contributed by atoms with E-state index >= 15 is 0 Å².